The van der Waals surface area contributed by atoms with E-state index in [1.165, 1.54) is 0 Å². The first-order valence-corrected chi connectivity index (χ1v) is 11.7. The second kappa shape index (κ2) is 9.42. The van der Waals surface area contributed by atoms with E-state index in [0.717, 1.165) is 25.7 Å². The van der Waals surface area contributed by atoms with Crippen molar-refractivity contribution >= 4 is 40.8 Å². The zero-order chi connectivity index (χ0) is 23.7. The molecule has 0 aromatic heterocycles. The Morgan fingerprint density at radius 3 is 2.68 bits per heavy atom. The maximum atomic E-state index is 13.4. The van der Waals surface area contributed by atoms with Gasteiger partial charge >= 0.3 is 6.03 Å². The summed E-state index contributed by atoms with van der Waals surface area (Å²) < 4.78 is 10.6. The SMILES string of the molecule is O=C(C[C@H]1C(=O)N[C@@H]2CCCC[C@H]2N1C(=O)Nc1cccc(Cl)c1)Nc1ccc2c(c1)OCO2. The van der Waals surface area contributed by atoms with Gasteiger partial charge in [-0.3, -0.25) is 9.59 Å². The van der Waals surface area contributed by atoms with E-state index in [4.69, 9.17) is 21.1 Å². The molecule has 1 aliphatic carbocycles. The van der Waals surface area contributed by atoms with Crippen molar-refractivity contribution in [1.82, 2.24) is 10.2 Å². The normalized spacial score (nSPS) is 23.0. The van der Waals surface area contributed by atoms with Gasteiger partial charge in [-0.25, -0.2) is 4.79 Å². The van der Waals surface area contributed by atoms with E-state index >= 15 is 0 Å². The van der Waals surface area contributed by atoms with Crippen LogP contribution < -0.4 is 25.4 Å². The van der Waals surface area contributed by atoms with Crippen LogP contribution in [0.5, 0.6) is 11.5 Å². The summed E-state index contributed by atoms with van der Waals surface area (Å²) >= 11 is 6.06. The Bertz CT molecular complexity index is 1130. The van der Waals surface area contributed by atoms with Crippen molar-refractivity contribution in [3.8, 4) is 11.5 Å². The molecule has 2 aliphatic heterocycles. The molecule has 3 N–H and O–H groups in total. The largest absolute Gasteiger partial charge is 0.454 e. The van der Waals surface area contributed by atoms with Gasteiger partial charge in [0.2, 0.25) is 18.6 Å². The lowest BCUT2D eigenvalue weighted by molar-refractivity contribution is -0.135. The third kappa shape index (κ3) is 4.61. The molecule has 178 valence electrons. The van der Waals surface area contributed by atoms with Gasteiger partial charge in [0.05, 0.1) is 12.5 Å². The summed E-state index contributed by atoms with van der Waals surface area (Å²) in [6, 6.07) is 10.2. The van der Waals surface area contributed by atoms with Crippen molar-refractivity contribution in [1.29, 1.82) is 0 Å². The van der Waals surface area contributed by atoms with Crippen molar-refractivity contribution in [2.75, 3.05) is 17.4 Å². The smallest absolute Gasteiger partial charge is 0.322 e. The highest BCUT2D eigenvalue weighted by Gasteiger charge is 2.46. The van der Waals surface area contributed by atoms with Gasteiger partial charge < -0.3 is 30.3 Å². The Labute approximate surface area is 201 Å². The summed E-state index contributed by atoms with van der Waals surface area (Å²) in [4.78, 5) is 40.9. The van der Waals surface area contributed by atoms with Gasteiger partial charge in [-0.05, 0) is 43.2 Å². The van der Waals surface area contributed by atoms with Crippen LogP contribution in [0.1, 0.15) is 32.1 Å². The van der Waals surface area contributed by atoms with Crippen LogP contribution in [-0.2, 0) is 9.59 Å². The Morgan fingerprint density at radius 2 is 1.82 bits per heavy atom. The maximum absolute atomic E-state index is 13.4. The first-order valence-electron chi connectivity index (χ1n) is 11.3. The van der Waals surface area contributed by atoms with Gasteiger partial charge in [-0.1, -0.05) is 30.5 Å². The number of hydrogen-bond acceptors (Lipinski definition) is 5. The van der Waals surface area contributed by atoms with Crippen molar-refractivity contribution in [3.05, 3.63) is 47.5 Å². The Morgan fingerprint density at radius 1 is 1.03 bits per heavy atom. The average molecular weight is 485 g/mol. The second-order valence-electron chi connectivity index (χ2n) is 8.65. The monoisotopic (exact) mass is 484 g/mol. The van der Waals surface area contributed by atoms with Crippen molar-refractivity contribution < 1.29 is 23.9 Å². The molecule has 3 atom stereocenters. The highest BCUT2D eigenvalue weighted by atomic mass is 35.5. The molecule has 0 unspecified atom stereocenters. The van der Waals surface area contributed by atoms with Gasteiger partial charge in [0.25, 0.3) is 0 Å². The van der Waals surface area contributed by atoms with Crippen LogP contribution in [0.2, 0.25) is 5.02 Å². The van der Waals surface area contributed by atoms with Gasteiger partial charge in [0.15, 0.2) is 11.5 Å². The molecule has 2 aromatic carbocycles. The number of amides is 4. The molecule has 1 saturated heterocycles. The molecule has 0 spiro atoms. The number of fused-ring (bicyclic) bond motifs is 2. The molecule has 2 heterocycles. The number of urea groups is 1. The molecule has 34 heavy (non-hydrogen) atoms. The number of nitrogens with one attached hydrogen (secondary N) is 3. The van der Waals surface area contributed by atoms with Crippen molar-refractivity contribution in [3.63, 3.8) is 0 Å². The number of rotatable bonds is 4. The molecule has 9 nitrogen and oxygen atoms in total. The van der Waals surface area contributed by atoms with E-state index in [2.05, 4.69) is 16.0 Å². The van der Waals surface area contributed by atoms with E-state index in [1.807, 2.05) is 0 Å². The molecule has 2 aromatic rings. The Balaban J connectivity index is 1.35. The summed E-state index contributed by atoms with van der Waals surface area (Å²) in [5, 5.41) is 9.17. The van der Waals surface area contributed by atoms with Crippen LogP contribution in [0.15, 0.2) is 42.5 Å². The van der Waals surface area contributed by atoms with Crippen LogP contribution in [0.3, 0.4) is 0 Å². The van der Waals surface area contributed by atoms with Gasteiger partial charge in [-0.15, -0.1) is 0 Å². The predicted octanol–water partition coefficient (Wildman–Crippen LogP) is 3.74. The molecule has 2 fully saturated rings. The van der Waals surface area contributed by atoms with Crippen LogP contribution in [0.25, 0.3) is 0 Å². The number of nitrogens with zero attached hydrogens (tertiary/aromatic N) is 1. The number of hydrogen-bond donors (Lipinski definition) is 3. The van der Waals surface area contributed by atoms with Crippen LogP contribution >= 0.6 is 11.6 Å². The predicted molar refractivity (Wildman–Crippen MR) is 126 cm³/mol. The Kier molecular flexibility index (Phi) is 6.19. The fourth-order valence-corrected chi connectivity index (χ4v) is 5.04. The molecular formula is C24H25ClN4O5. The quantitative estimate of drug-likeness (QED) is 0.612. The van der Waals surface area contributed by atoms with E-state index in [1.54, 1.807) is 47.4 Å². The highest BCUT2D eigenvalue weighted by molar-refractivity contribution is 6.30. The maximum Gasteiger partial charge on any atom is 0.322 e. The number of anilines is 2. The first-order chi connectivity index (χ1) is 16.5. The molecule has 10 heteroatoms. The minimum Gasteiger partial charge on any atom is -0.454 e. The third-order valence-electron chi connectivity index (χ3n) is 6.40. The molecule has 5 rings (SSSR count). The average Bonchev–Trinajstić information content (AvgIpc) is 3.27. The fourth-order valence-electron chi connectivity index (χ4n) is 4.85. The topological polar surface area (TPSA) is 109 Å². The Hall–Kier alpha value is -3.46. The van der Waals surface area contributed by atoms with Gasteiger partial charge in [0.1, 0.15) is 6.04 Å². The number of benzene rings is 2. The molecule has 0 bridgehead atoms. The lowest BCUT2D eigenvalue weighted by Crippen LogP contribution is -2.68. The molecular weight excluding hydrogens is 460 g/mol. The standard InChI is InChI=1S/C24H25ClN4O5/c25-14-4-3-5-15(10-14)27-24(32)29-18-7-2-1-6-17(18)28-23(31)19(29)12-22(30)26-16-8-9-20-21(11-16)34-13-33-20/h3-5,8-11,17-19H,1-2,6-7,12-13H2,(H,26,30)(H,27,32)(H,28,31)/t17-,18-,19+/m1/s1. The molecule has 3 aliphatic rings. The number of ether oxygens (including phenoxy) is 2. The van der Waals surface area contributed by atoms with Gasteiger partial charge in [-0.2, -0.15) is 0 Å². The molecule has 4 amide bonds. The summed E-state index contributed by atoms with van der Waals surface area (Å²) in [6.45, 7) is 0.133. The summed E-state index contributed by atoms with van der Waals surface area (Å²) in [7, 11) is 0. The summed E-state index contributed by atoms with van der Waals surface area (Å²) in [5.74, 6) is 0.441. The van der Waals surface area contributed by atoms with Crippen LogP contribution in [0.4, 0.5) is 16.2 Å². The lowest BCUT2D eigenvalue weighted by atomic mass is 9.85. The van der Waals surface area contributed by atoms with Crippen LogP contribution in [-0.4, -0.2) is 47.7 Å². The van der Waals surface area contributed by atoms with E-state index < -0.39 is 12.1 Å². The highest BCUT2D eigenvalue weighted by Crippen LogP contribution is 2.35. The number of halogens is 1. The van der Waals surface area contributed by atoms with Crippen LogP contribution in [0, 0.1) is 0 Å². The fraction of sp³-hybridized carbons (Fsp3) is 0.375. The van der Waals surface area contributed by atoms with E-state index in [9.17, 15) is 14.4 Å². The number of carbonyl (C=O) groups excluding carboxylic acids is 3. The zero-order valence-electron chi connectivity index (χ0n) is 18.4. The van der Waals surface area contributed by atoms with Crippen molar-refractivity contribution in [2.45, 2.75) is 50.2 Å². The van der Waals surface area contributed by atoms with E-state index in [-0.39, 0.29) is 37.1 Å². The summed E-state index contributed by atoms with van der Waals surface area (Å²) in [6.07, 6.45) is 3.32. The minimum atomic E-state index is -0.937. The van der Waals surface area contributed by atoms with Gasteiger partial charge in [0, 0.05) is 28.5 Å². The zero-order valence-corrected chi connectivity index (χ0v) is 19.1. The molecule has 1 saturated carbocycles. The minimum absolute atomic E-state index is 0.125. The first kappa shape index (κ1) is 22.3. The van der Waals surface area contributed by atoms with Crippen molar-refractivity contribution in [2.24, 2.45) is 0 Å². The van der Waals surface area contributed by atoms with E-state index in [0.29, 0.717) is 27.9 Å². The summed E-state index contributed by atoms with van der Waals surface area (Å²) in [5.41, 5.74) is 1.05. The second-order valence-corrected chi connectivity index (χ2v) is 9.09. The number of carbonyl (C=O) groups is 3. The number of piperazine rings is 1. The molecule has 0 radical (unpaired) electrons. The third-order valence-corrected chi connectivity index (χ3v) is 6.63. The lowest BCUT2D eigenvalue weighted by Gasteiger charge is -2.47.